The second-order valence-electron chi connectivity index (χ2n) is 9.23. The molecule has 3 aromatic rings. The minimum Gasteiger partial charge on any atom is -0.493 e. The number of aromatic nitrogens is 2. The Morgan fingerprint density at radius 1 is 1.08 bits per heavy atom. The maximum absolute atomic E-state index is 12.8. The number of carbonyl (C=O) groups excluding carboxylic acids is 1. The number of nitrogens with zero attached hydrogens (tertiary/aromatic N) is 3. The van der Waals surface area contributed by atoms with Gasteiger partial charge in [-0.1, -0.05) is 54.9 Å². The maximum Gasteiger partial charge on any atom is 0.268 e. The van der Waals surface area contributed by atoms with E-state index in [-0.39, 0.29) is 5.57 Å². The molecule has 1 fully saturated rings. The number of amides is 1. The molecule has 0 radical (unpaired) electrons. The number of anilines is 1. The molecule has 0 spiro atoms. The van der Waals surface area contributed by atoms with E-state index in [1.165, 1.54) is 36.7 Å². The zero-order valence-corrected chi connectivity index (χ0v) is 22.8. The highest BCUT2D eigenvalue weighted by molar-refractivity contribution is 7.15. The van der Waals surface area contributed by atoms with Crippen LogP contribution >= 0.6 is 11.3 Å². The second-order valence-corrected chi connectivity index (χ2v) is 10.2. The van der Waals surface area contributed by atoms with Crippen LogP contribution in [0.4, 0.5) is 5.13 Å². The number of rotatable bonds is 10. The molecule has 0 unspecified atom stereocenters. The molecular formula is C29H32N4O4S. The molecule has 1 amide bonds. The van der Waals surface area contributed by atoms with Gasteiger partial charge < -0.3 is 14.2 Å². The van der Waals surface area contributed by atoms with Crippen LogP contribution in [0.15, 0.2) is 42.0 Å². The van der Waals surface area contributed by atoms with Gasteiger partial charge in [0.2, 0.25) is 5.13 Å². The first-order chi connectivity index (χ1) is 18.5. The summed E-state index contributed by atoms with van der Waals surface area (Å²) < 4.78 is 17.2. The summed E-state index contributed by atoms with van der Waals surface area (Å²) in [6, 6.07) is 13.2. The van der Waals surface area contributed by atoms with Gasteiger partial charge in [-0.25, -0.2) is 0 Å². The quantitative estimate of drug-likeness (QED) is 0.188. The molecule has 198 valence electrons. The van der Waals surface area contributed by atoms with E-state index in [1.807, 2.05) is 38.1 Å². The summed E-state index contributed by atoms with van der Waals surface area (Å²) in [5.41, 5.74) is 2.74. The van der Waals surface area contributed by atoms with E-state index in [0.717, 1.165) is 34.7 Å². The van der Waals surface area contributed by atoms with Gasteiger partial charge in [0.05, 0.1) is 7.11 Å². The second kappa shape index (κ2) is 13.1. The fraction of sp³-hybridized carbons (Fsp3) is 0.379. The number of hydrogen-bond acceptors (Lipinski definition) is 8. The molecule has 1 aliphatic rings. The predicted octanol–water partition coefficient (Wildman–Crippen LogP) is 6.21. The molecule has 0 aliphatic heterocycles. The Labute approximate surface area is 227 Å². The standard InChI is InChI=1S/C29H32N4O4S/c1-19-8-7-9-20(2)26(19)37-15-14-36-24-13-12-21(17-25(24)35-3)16-23(18-30)27(34)31-29-33-32-28(38-29)22-10-5-4-6-11-22/h7-9,12-13,16-17,22H,4-6,10-11,14-15H2,1-3H3,(H,31,33,34). The lowest BCUT2D eigenvalue weighted by atomic mass is 9.90. The molecule has 0 atom stereocenters. The molecule has 1 aliphatic carbocycles. The van der Waals surface area contributed by atoms with Crippen molar-refractivity contribution in [3.05, 3.63) is 63.7 Å². The molecule has 0 saturated heterocycles. The summed E-state index contributed by atoms with van der Waals surface area (Å²) in [6.07, 6.45) is 7.37. The summed E-state index contributed by atoms with van der Waals surface area (Å²) in [5, 5.41) is 22.1. The molecular weight excluding hydrogens is 500 g/mol. The van der Waals surface area contributed by atoms with Crippen LogP contribution < -0.4 is 19.5 Å². The van der Waals surface area contributed by atoms with Crippen molar-refractivity contribution in [1.82, 2.24) is 10.2 Å². The average molecular weight is 533 g/mol. The van der Waals surface area contributed by atoms with Crippen molar-refractivity contribution in [1.29, 1.82) is 5.26 Å². The Bertz CT molecular complexity index is 1320. The van der Waals surface area contributed by atoms with Crippen LogP contribution in [0.5, 0.6) is 17.2 Å². The molecule has 9 heteroatoms. The molecule has 8 nitrogen and oxygen atoms in total. The fourth-order valence-corrected chi connectivity index (χ4v) is 5.40. The van der Waals surface area contributed by atoms with E-state index in [4.69, 9.17) is 14.2 Å². The number of hydrogen-bond donors (Lipinski definition) is 1. The first kappa shape index (κ1) is 27.1. The van der Waals surface area contributed by atoms with Crippen molar-refractivity contribution in [2.45, 2.75) is 51.9 Å². The summed E-state index contributed by atoms with van der Waals surface area (Å²) in [4.78, 5) is 12.8. The third-order valence-corrected chi connectivity index (χ3v) is 7.48. The zero-order valence-electron chi connectivity index (χ0n) is 22.0. The normalized spacial score (nSPS) is 14.0. The number of methoxy groups -OCH3 is 1. The van der Waals surface area contributed by atoms with Crippen molar-refractivity contribution in [2.24, 2.45) is 0 Å². The monoisotopic (exact) mass is 532 g/mol. The third-order valence-electron chi connectivity index (χ3n) is 6.48. The van der Waals surface area contributed by atoms with Crippen LogP contribution in [-0.4, -0.2) is 36.4 Å². The number of aryl methyl sites for hydroxylation is 2. The van der Waals surface area contributed by atoms with Gasteiger partial charge in [0.1, 0.15) is 35.6 Å². The van der Waals surface area contributed by atoms with Crippen molar-refractivity contribution >= 4 is 28.5 Å². The van der Waals surface area contributed by atoms with E-state index < -0.39 is 5.91 Å². The highest BCUT2D eigenvalue weighted by Crippen LogP contribution is 2.35. The lowest BCUT2D eigenvalue weighted by Crippen LogP contribution is -2.13. The zero-order chi connectivity index (χ0) is 26.9. The highest BCUT2D eigenvalue weighted by atomic mass is 32.1. The molecule has 2 aromatic carbocycles. The van der Waals surface area contributed by atoms with Crippen molar-refractivity contribution < 1.29 is 19.0 Å². The number of para-hydroxylation sites is 1. The number of benzene rings is 2. The Morgan fingerprint density at radius 2 is 1.82 bits per heavy atom. The van der Waals surface area contributed by atoms with E-state index >= 15 is 0 Å². The number of nitrogens with one attached hydrogen (secondary N) is 1. The van der Waals surface area contributed by atoms with Gasteiger partial charge in [-0.05, 0) is 61.6 Å². The van der Waals surface area contributed by atoms with Gasteiger partial charge in [-0.3, -0.25) is 10.1 Å². The first-order valence-corrected chi connectivity index (χ1v) is 13.6. The SMILES string of the molecule is COc1cc(C=C(C#N)C(=O)Nc2nnc(C3CCCCC3)s2)ccc1OCCOc1c(C)cccc1C. The smallest absolute Gasteiger partial charge is 0.268 e. The van der Waals surface area contributed by atoms with Crippen LogP contribution in [0, 0.1) is 25.2 Å². The Kier molecular flexibility index (Phi) is 9.33. The van der Waals surface area contributed by atoms with E-state index in [1.54, 1.807) is 25.3 Å². The Hall–Kier alpha value is -3.90. The lowest BCUT2D eigenvalue weighted by Gasteiger charge is -2.18. The minimum absolute atomic E-state index is 0.0443. The molecule has 38 heavy (non-hydrogen) atoms. The van der Waals surface area contributed by atoms with E-state index in [2.05, 4.69) is 15.5 Å². The molecule has 0 bridgehead atoms. The summed E-state index contributed by atoms with van der Waals surface area (Å²) in [7, 11) is 1.54. The minimum atomic E-state index is -0.526. The number of carbonyl (C=O) groups is 1. The van der Waals surface area contributed by atoms with Crippen molar-refractivity contribution in [3.63, 3.8) is 0 Å². The van der Waals surface area contributed by atoms with Gasteiger partial charge in [0.25, 0.3) is 5.91 Å². The van der Waals surface area contributed by atoms with Gasteiger partial charge in [-0.15, -0.1) is 10.2 Å². The largest absolute Gasteiger partial charge is 0.493 e. The first-order valence-electron chi connectivity index (χ1n) is 12.7. The number of nitriles is 1. The van der Waals surface area contributed by atoms with Crippen molar-refractivity contribution in [3.8, 4) is 23.3 Å². The number of ether oxygens (including phenoxy) is 3. The van der Waals surface area contributed by atoms with Crippen LogP contribution in [0.2, 0.25) is 0 Å². The third kappa shape index (κ3) is 6.90. The fourth-order valence-electron chi connectivity index (χ4n) is 4.49. The van der Waals surface area contributed by atoms with Crippen LogP contribution in [-0.2, 0) is 4.79 Å². The molecule has 1 saturated carbocycles. The van der Waals surface area contributed by atoms with Crippen LogP contribution in [0.25, 0.3) is 6.08 Å². The molecule has 4 rings (SSSR count). The average Bonchev–Trinajstić information content (AvgIpc) is 3.40. The summed E-state index contributed by atoms with van der Waals surface area (Å²) in [5.74, 6) is 1.78. The van der Waals surface area contributed by atoms with E-state index in [0.29, 0.717) is 41.3 Å². The topological polar surface area (TPSA) is 106 Å². The Balaban J connectivity index is 1.36. The summed E-state index contributed by atoms with van der Waals surface area (Å²) in [6.45, 7) is 4.73. The van der Waals surface area contributed by atoms with E-state index in [9.17, 15) is 10.1 Å². The molecule has 1 aromatic heterocycles. The lowest BCUT2D eigenvalue weighted by molar-refractivity contribution is -0.112. The predicted molar refractivity (Wildman–Crippen MR) is 148 cm³/mol. The Morgan fingerprint density at radius 3 is 2.53 bits per heavy atom. The van der Waals surface area contributed by atoms with Gasteiger partial charge in [0.15, 0.2) is 11.5 Å². The van der Waals surface area contributed by atoms with Gasteiger partial charge in [0, 0.05) is 5.92 Å². The molecule has 1 N–H and O–H groups in total. The van der Waals surface area contributed by atoms with Crippen LogP contribution in [0.3, 0.4) is 0 Å². The van der Waals surface area contributed by atoms with Crippen molar-refractivity contribution in [2.75, 3.05) is 25.6 Å². The summed E-state index contributed by atoms with van der Waals surface area (Å²) >= 11 is 1.38. The molecule has 1 heterocycles. The maximum atomic E-state index is 12.8. The highest BCUT2D eigenvalue weighted by Gasteiger charge is 2.21. The van der Waals surface area contributed by atoms with Gasteiger partial charge in [-0.2, -0.15) is 5.26 Å². The van der Waals surface area contributed by atoms with Crippen LogP contribution in [0.1, 0.15) is 59.7 Å². The van der Waals surface area contributed by atoms with Gasteiger partial charge >= 0.3 is 0 Å².